The van der Waals surface area contributed by atoms with Crippen molar-refractivity contribution in [3.8, 4) is 22.2 Å². The van der Waals surface area contributed by atoms with Crippen LogP contribution in [0.4, 0.5) is 0 Å². The summed E-state index contributed by atoms with van der Waals surface area (Å²) in [6.07, 6.45) is 0. The van der Waals surface area contributed by atoms with E-state index in [0.717, 1.165) is 4.88 Å². The molecule has 0 saturated heterocycles. The van der Waals surface area contributed by atoms with Crippen LogP contribution in [0.25, 0.3) is 10.6 Å². The molecule has 4 heteroatoms. The summed E-state index contributed by atoms with van der Waals surface area (Å²) < 4.78 is 0. The summed E-state index contributed by atoms with van der Waals surface area (Å²) in [6.45, 7) is 1.79. The Morgan fingerprint density at radius 1 is 1.21 bits per heavy atom. The molecule has 0 amide bonds. The maximum atomic E-state index is 9.55. The van der Waals surface area contributed by atoms with Gasteiger partial charge in [-0.05, 0) is 19.1 Å². The molecule has 0 fully saturated rings. The highest BCUT2D eigenvalue weighted by molar-refractivity contribution is 7.15. The number of aromatic nitrogens is 1. The molecule has 0 aliphatic rings. The van der Waals surface area contributed by atoms with Crippen molar-refractivity contribution in [3.05, 3.63) is 29.1 Å². The number of phenols is 1. The summed E-state index contributed by atoms with van der Waals surface area (Å²) in [5, 5.41) is 19.5. The third-order valence-electron chi connectivity index (χ3n) is 1.91. The third-order valence-corrected chi connectivity index (χ3v) is 2.90. The van der Waals surface area contributed by atoms with Crippen LogP contribution in [0.15, 0.2) is 24.3 Å². The van der Waals surface area contributed by atoms with Crippen LogP contribution in [0.1, 0.15) is 4.88 Å². The van der Waals surface area contributed by atoms with Gasteiger partial charge in [0.1, 0.15) is 10.8 Å². The predicted octanol–water partition coefficient (Wildman–Crippen LogP) is 2.53. The van der Waals surface area contributed by atoms with Gasteiger partial charge in [-0.3, -0.25) is 0 Å². The van der Waals surface area contributed by atoms with Crippen LogP contribution >= 0.6 is 11.3 Å². The lowest BCUT2D eigenvalue weighted by atomic mass is 10.2. The maximum absolute atomic E-state index is 9.55. The van der Waals surface area contributed by atoms with Gasteiger partial charge in [0.2, 0.25) is 5.88 Å². The van der Waals surface area contributed by atoms with Gasteiger partial charge in [-0.15, -0.1) is 11.3 Å². The average molecular weight is 207 g/mol. The summed E-state index contributed by atoms with van der Waals surface area (Å²) in [6, 6.07) is 6.94. The second kappa shape index (κ2) is 3.31. The van der Waals surface area contributed by atoms with Gasteiger partial charge < -0.3 is 10.2 Å². The van der Waals surface area contributed by atoms with E-state index in [2.05, 4.69) is 4.98 Å². The van der Waals surface area contributed by atoms with Crippen LogP contribution in [-0.4, -0.2) is 15.2 Å². The quantitative estimate of drug-likeness (QED) is 0.755. The standard InChI is InChI=1S/C10H9NO2S/c1-6-9(13)11-10(14-6)7-4-2-3-5-8(7)12/h2-5,12-13H,1H3. The zero-order valence-electron chi connectivity index (χ0n) is 7.56. The Kier molecular flexibility index (Phi) is 2.13. The minimum atomic E-state index is 0.0354. The molecule has 3 nitrogen and oxygen atoms in total. The Hall–Kier alpha value is -1.55. The molecular weight excluding hydrogens is 198 g/mol. The molecule has 2 aromatic rings. The Bertz CT molecular complexity index is 445. The molecule has 0 unspecified atom stereocenters. The highest BCUT2D eigenvalue weighted by Gasteiger charge is 2.10. The first-order valence-electron chi connectivity index (χ1n) is 4.13. The molecule has 2 rings (SSSR count). The van der Waals surface area contributed by atoms with Crippen molar-refractivity contribution < 1.29 is 10.2 Å². The van der Waals surface area contributed by atoms with Crippen LogP contribution in [-0.2, 0) is 0 Å². The molecule has 1 aromatic carbocycles. The highest BCUT2D eigenvalue weighted by atomic mass is 32.1. The van der Waals surface area contributed by atoms with Crippen molar-refractivity contribution in [1.29, 1.82) is 0 Å². The topological polar surface area (TPSA) is 53.4 Å². The molecule has 0 radical (unpaired) electrons. The molecular formula is C10H9NO2S. The van der Waals surface area contributed by atoms with Crippen molar-refractivity contribution in [2.24, 2.45) is 0 Å². The monoisotopic (exact) mass is 207 g/mol. The number of hydrogen-bond acceptors (Lipinski definition) is 4. The second-order valence-electron chi connectivity index (χ2n) is 2.92. The third kappa shape index (κ3) is 1.44. The number of phenolic OH excluding ortho intramolecular Hbond substituents is 1. The van der Waals surface area contributed by atoms with E-state index in [1.54, 1.807) is 25.1 Å². The van der Waals surface area contributed by atoms with Gasteiger partial charge in [-0.2, -0.15) is 0 Å². The summed E-state index contributed by atoms with van der Waals surface area (Å²) in [7, 11) is 0. The van der Waals surface area contributed by atoms with E-state index < -0.39 is 0 Å². The van der Waals surface area contributed by atoms with Gasteiger partial charge in [0.25, 0.3) is 0 Å². The number of nitrogens with zero attached hydrogens (tertiary/aromatic N) is 1. The number of aromatic hydroxyl groups is 2. The number of para-hydroxylation sites is 1. The molecule has 0 aliphatic heterocycles. The molecule has 1 aromatic heterocycles. The van der Waals surface area contributed by atoms with E-state index in [1.807, 2.05) is 6.07 Å². The molecule has 14 heavy (non-hydrogen) atoms. The first-order chi connectivity index (χ1) is 6.68. The molecule has 0 saturated carbocycles. The highest BCUT2D eigenvalue weighted by Crippen LogP contribution is 2.35. The average Bonchev–Trinajstić information content (AvgIpc) is 2.48. The SMILES string of the molecule is Cc1sc(-c2ccccc2O)nc1O. The molecule has 0 bridgehead atoms. The molecule has 0 spiro atoms. The van der Waals surface area contributed by atoms with E-state index in [9.17, 15) is 10.2 Å². The maximum Gasteiger partial charge on any atom is 0.225 e. The summed E-state index contributed by atoms with van der Waals surface area (Å²) in [4.78, 5) is 4.71. The minimum Gasteiger partial charge on any atom is -0.507 e. The normalized spacial score (nSPS) is 10.4. The fourth-order valence-electron chi connectivity index (χ4n) is 1.16. The van der Waals surface area contributed by atoms with Gasteiger partial charge in [0.15, 0.2) is 0 Å². The van der Waals surface area contributed by atoms with Crippen LogP contribution in [0.2, 0.25) is 0 Å². The van der Waals surface area contributed by atoms with E-state index in [-0.39, 0.29) is 11.6 Å². The molecule has 1 heterocycles. The van der Waals surface area contributed by atoms with Crippen LogP contribution in [0.3, 0.4) is 0 Å². The van der Waals surface area contributed by atoms with E-state index >= 15 is 0 Å². The minimum absolute atomic E-state index is 0.0354. The van der Waals surface area contributed by atoms with Gasteiger partial charge in [-0.1, -0.05) is 12.1 Å². The fourth-order valence-corrected chi connectivity index (χ4v) is 2.00. The summed E-state index contributed by atoms with van der Waals surface area (Å²) >= 11 is 1.36. The fraction of sp³-hybridized carbons (Fsp3) is 0.100. The Morgan fingerprint density at radius 3 is 2.50 bits per heavy atom. The van der Waals surface area contributed by atoms with Crippen molar-refractivity contribution >= 4 is 11.3 Å². The van der Waals surface area contributed by atoms with Crippen molar-refractivity contribution in [1.82, 2.24) is 4.98 Å². The number of rotatable bonds is 1. The van der Waals surface area contributed by atoms with Crippen LogP contribution < -0.4 is 0 Å². The molecule has 72 valence electrons. The van der Waals surface area contributed by atoms with Crippen LogP contribution in [0, 0.1) is 6.92 Å². The zero-order chi connectivity index (χ0) is 10.1. The molecule has 0 aliphatic carbocycles. The lowest BCUT2D eigenvalue weighted by Gasteiger charge is -1.98. The lowest BCUT2D eigenvalue weighted by molar-refractivity contribution is 0.454. The molecule has 2 N–H and O–H groups in total. The van der Waals surface area contributed by atoms with E-state index in [4.69, 9.17) is 0 Å². The molecule has 0 atom stereocenters. The van der Waals surface area contributed by atoms with Crippen molar-refractivity contribution in [3.63, 3.8) is 0 Å². The smallest absolute Gasteiger partial charge is 0.225 e. The first kappa shape index (κ1) is 9.02. The van der Waals surface area contributed by atoms with E-state index in [0.29, 0.717) is 10.6 Å². The zero-order valence-corrected chi connectivity index (χ0v) is 8.38. The largest absolute Gasteiger partial charge is 0.507 e. The first-order valence-corrected chi connectivity index (χ1v) is 4.95. The Labute approximate surface area is 85.3 Å². The number of hydrogen-bond donors (Lipinski definition) is 2. The number of benzene rings is 1. The van der Waals surface area contributed by atoms with Crippen molar-refractivity contribution in [2.75, 3.05) is 0 Å². The number of thiazole rings is 1. The summed E-state index contributed by atoms with van der Waals surface area (Å²) in [5.41, 5.74) is 0.654. The van der Waals surface area contributed by atoms with Gasteiger partial charge in [0.05, 0.1) is 10.4 Å². The summed E-state index contributed by atoms with van der Waals surface area (Å²) in [5.74, 6) is 0.217. The Morgan fingerprint density at radius 2 is 1.93 bits per heavy atom. The number of aryl methyl sites for hydroxylation is 1. The second-order valence-corrected chi connectivity index (χ2v) is 4.12. The lowest BCUT2D eigenvalue weighted by Crippen LogP contribution is -1.75. The van der Waals surface area contributed by atoms with Gasteiger partial charge in [-0.25, -0.2) is 4.98 Å². The van der Waals surface area contributed by atoms with Gasteiger partial charge >= 0.3 is 0 Å². The van der Waals surface area contributed by atoms with E-state index in [1.165, 1.54) is 11.3 Å². The van der Waals surface area contributed by atoms with Crippen LogP contribution in [0.5, 0.6) is 11.6 Å². The van der Waals surface area contributed by atoms with Crippen molar-refractivity contribution in [2.45, 2.75) is 6.92 Å². The van der Waals surface area contributed by atoms with Gasteiger partial charge in [0, 0.05) is 0 Å². The predicted molar refractivity (Wildman–Crippen MR) is 55.6 cm³/mol. The Balaban J connectivity index is 2.55.